The van der Waals surface area contributed by atoms with Crippen LogP contribution in [0, 0.1) is 18.7 Å². The fourth-order valence-corrected chi connectivity index (χ4v) is 5.80. The Hall–Kier alpha value is -3.41. The summed E-state index contributed by atoms with van der Waals surface area (Å²) in [7, 11) is 3.42. The first-order chi connectivity index (χ1) is 20.5. The van der Waals surface area contributed by atoms with Crippen LogP contribution in [-0.2, 0) is 22.2 Å². The summed E-state index contributed by atoms with van der Waals surface area (Å²) in [5.74, 6) is -2.87. The standard InChI is InChI=1S/C32H44F4N4O4/c1-19(2)13-27(40-18-22(10-12-38(5)6)25(16-28(40)41)32(34,35)36)31(44)37-26(17-29(42)43)24-15-23(14-20(3)30(24)33)39-11-8-7-9-21(39)4/h14-16,18-19,21,26-27H,7-13,17H2,1-6H3,(H,37,44)(H,42,43)/t21-,26-,27?/m0/s1. The highest BCUT2D eigenvalue weighted by Gasteiger charge is 2.36. The second-order valence-corrected chi connectivity index (χ2v) is 12.5. The summed E-state index contributed by atoms with van der Waals surface area (Å²) in [5.41, 5.74) is -1.19. The van der Waals surface area contributed by atoms with Crippen molar-refractivity contribution in [3.05, 3.63) is 62.8 Å². The SMILES string of the molecule is Cc1cc(N2CCCC[C@@H]2C)cc([C@H](CC(=O)O)NC(=O)C(CC(C)C)n2cc(CCN(C)C)c(C(F)(F)F)cc2=O)c1F. The number of benzene rings is 1. The van der Waals surface area contributed by atoms with Crippen LogP contribution in [0.3, 0.4) is 0 Å². The third-order valence-corrected chi connectivity index (χ3v) is 8.10. The average molecular weight is 625 g/mol. The number of piperidine rings is 1. The number of halogens is 4. The van der Waals surface area contributed by atoms with Gasteiger partial charge >= 0.3 is 12.1 Å². The lowest BCUT2D eigenvalue weighted by molar-refractivity contribution is -0.139. The number of carbonyl (C=O) groups is 2. The van der Waals surface area contributed by atoms with Gasteiger partial charge in [0.05, 0.1) is 18.0 Å². The molecule has 1 fully saturated rings. The van der Waals surface area contributed by atoms with Crippen LogP contribution in [0.1, 0.15) is 87.2 Å². The third-order valence-electron chi connectivity index (χ3n) is 8.10. The first-order valence-corrected chi connectivity index (χ1v) is 15.0. The van der Waals surface area contributed by atoms with Crippen molar-refractivity contribution >= 4 is 17.6 Å². The van der Waals surface area contributed by atoms with Crippen molar-refractivity contribution in [1.82, 2.24) is 14.8 Å². The number of amides is 1. The van der Waals surface area contributed by atoms with E-state index in [4.69, 9.17) is 0 Å². The predicted molar refractivity (Wildman–Crippen MR) is 161 cm³/mol. The third kappa shape index (κ3) is 8.83. The molecule has 2 aromatic rings. The Kier molecular flexibility index (Phi) is 11.6. The van der Waals surface area contributed by atoms with Crippen molar-refractivity contribution in [2.45, 2.75) is 90.5 Å². The van der Waals surface area contributed by atoms with Gasteiger partial charge in [-0.15, -0.1) is 0 Å². The molecule has 3 atom stereocenters. The minimum absolute atomic E-state index is 0.00302. The fourth-order valence-electron chi connectivity index (χ4n) is 5.80. The Morgan fingerprint density at radius 3 is 2.41 bits per heavy atom. The second-order valence-electron chi connectivity index (χ2n) is 12.5. The quantitative estimate of drug-likeness (QED) is 0.294. The van der Waals surface area contributed by atoms with Crippen LogP contribution >= 0.6 is 0 Å². The highest BCUT2D eigenvalue weighted by atomic mass is 19.4. The van der Waals surface area contributed by atoms with Crippen LogP contribution in [0.15, 0.2) is 29.2 Å². The molecule has 1 aromatic heterocycles. The minimum atomic E-state index is -4.77. The molecule has 2 N–H and O–H groups in total. The van der Waals surface area contributed by atoms with Gasteiger partial charge in [0.2, 0.25) is 5.91 Å². The molecule has 1 saturated heterocycles. The molecule has 8 nitrogen and oxygen atoms in total. The molecule has 3 rings (SSSR count). The summed E-state index contributed by atoms with van der Waals surface area (Å²) in [6.45, 7) is 8.26. The molecular formula is C32H44F4N4O4. The van der Waals surface area contributed by atoms with Crippen molar-refractivity contribution in [3.8, 4) is 0 Å². The van der Waals surface area contributed by atoms with Gasteiger partial charge in [-0.1, -0.05) is 13.8 Å². The van der Waals surface area contributed by atoms with Gasteiger partial charge in [-0.3, -0.25) is 14.4 Å². The maximum Gasteiger partial charge on any atom is 0.416 e. The van der Waals surface area contributed by atoms with Gasteiger partial charge < -0.3 is 24.8 Å². The van der Waals surface area contributed by atoms with Crippen LogP contribution in [0.4, 0.5) is 23.2 Å². The van der Waals surface area contributed by atoms with E-state index in [1.165, 1.54) is 0 Å². The lowest BCUT2D eigenvalue weighted by Gasteiger charge is -2.36. The van der Waals surface area contributed by atoms with E-state index in [2.05, 4.69) is 17.1 Å². The number of aryl methyl sites for hydroxylation is 1. The molecule has 0 radical (unpaired) electrons. The Bertz CT molecular complexity index is 1390. The second kappa shape index (κ2) is 14.6. The largest absolute Gasteiger partial charge is 0.481 e. The molecule has 0 spiro atoms. The van der Waals surface area contributed by atoms with E-state index in [0.29, 0.717) is 11.6 Å². The minimum Gasteiger partial charge on any atom is -0.481 e. The topological polar surface area (TPSA) is 94.9 Å². The Balaban J connectivity index is 2.08. The molecule has 0 aliphatic carbocycles. The number of pyridine rings is 1. The van der Waals surface area contributed by atoms with Gasteiger partial charge in [0, 0.05) is 42.6 Å². The van der Waals surface area contributed by atoms with Gasteiger partial charge in [0.15, 0.2) is 0 Å². The summed E-state index contributed by atoms with van der Waals surface area (Å²) in [6, 6.07) is 1.43. The summed E-state index contributed by atoms with van der Waals surface area (Å²) in [4.78, 5) is 42.7. The van der Waals surface area contributed by atoms with Crippen LogP contribution < -0.4 is 15.8 Å². The van der Waals surface area contributed by atoms with E-state index >= 15 is 4.39 Å². The number of rotatable bonds is 12. The first-order valence-electron chi connectivity index (χ1n) is 15.0. The van der Waals surface area contributed by atoms with E-state index in [1.54, 1.807) is 51.9 Å². The zero-order valence-corrected chi connectivity index (χ0v) is 26.3. The van der Waals surface area contributed by atoms with E-state index in [-0.39, 0.29) is 42.5 Å². The zero-order valence-electron chi connectivity index (χ0n) is 26.3. The van der Waals surface area contributed by atoms with Gasteiger partial charge in [0.1, 0.15) is 11.9 Å². The normalized spacial score (nSPS) is 17.2. The van der Waals surface area contributed by atoms with Crippen LogP contribution in [0.5, 0.6) is 0 Å². The van der Waals surface area contributed by atoms with E-state index in [1.807, 2.05) is 0 Å². The summed E-state index contributed by atoms with van der Waals surface area (Å²) < 4.78 is 58.2. The number of aromatic nitrogens is 1. The summed E-state index contributed by atoms with van der Waals surface area (Å²) in [5, 5.41) is 12.4. The molecule has 1 amide bonds. The number of nitrogens with zero attached hydrogens (tertiary/aromatic N) is 3. The zero-order chi connectivity index (χ0) is 32.9. The van der Waals surface area contributed by atoms with Gasteiger partial charge in [-0.05, 0) is 89.2 Å². The van der Waals surface area contributed by atoms with Crippen LogP contribution in [0.25, 0.3) is 0 Å². The molecule has 1 aliphatic heterocycles. The Labute approximate surface area is 256 Å². The molecule has 1 aromatic carbocycles. The molecule has 0 saturated carbocycles. The predicted octanol–water partition coefficient (Wildman–Crippen LogP) is 5.72. The van der Waals surface area contributed by atoms with E-state index in [9.17, 15) is 32.7 Å². The van der Waals surface area contributed by atoms with Crippen molar-refractivity contribution in [1.29, 1.82) is 0 Å². The number of aliphatic carboxylic acids is 1. The number of alkyl halides is 3. The van der Waals surface area contributed by atoms with E-state index in [0.717, 1.165) is 42.3 Å². The van der Waals surface area contributed by atoms with Gasteiger partial charge in [-0.2, -0.15) is 13.2 Å². The van der Waals surface area contributed by atoms with Gasteiger partial charge in [0.25, 0.3) is 5.56 Å². The number of hydrogen-bond acceptors (Lipinski definition) is 5. The number of carboxylic acid groups (broad SMARTS) is 1. The lowest BCUT2D eigenvalue weighted by atomic mass is 9.96. The molecule has 0 bridgehead atoms. The highest BCUT2D eigenvalue weighted by Crippen LogP contribution is 2.34. The number of carbonyl (C=O) groups excluding carboxylic acids is 1. The van der Waals surface area contributed by atoms with E-state index < -0.39 is 53.5 Å². The number of hydrogen-bond donors (Lipinski definition) is 2. The molecule has 1 aliphatic rings. The number of anilines is 1. The molecule has 12 heteroatoms. The maximum absolute atomic E-state index is 15.6. The smallest absolute Gasteiger partial charge is 0.416 e. The van der Waals surface area contributed by atoms with Gasteiger partial charge in [-0.25, -0.2) is 4.39 Å². The van der Waals surface area contributed by atoms with Crippen LogP contribution in [0.2, 0.25) is 0 Å². The fraction of sp³-hybridized carbons (Fsp3) is 0.594. The molecular weight excluding hydrogens is 580 g/mol. The highest BCUT2D eigenvalue weighted by molar-refractivity contribution is 5.82. The number of likely N-dealkylation sites (N-methyl/N-ethyl adjacent to an activating group) is 1. The lowest BCUT2D eigenvalue weighted by Crippen LogP contribution is -2.41. The molecule has 44 heavy (non-hydrogen) atoms. The van der Waals surface area contributed by atoms with Crippen molar-refractivity contribution in [2.24, 2.45) is 5.92 Å². The average Bonchev–Trinajstić information content (AvgIpc) is 2.91. The van der Waals surface area contributed by atoms with Crippen molar-refractivity contribution < 1.29 is 32.3 Å². The van der Waals surface area contributed by atoms with Crippen molar-refractivity contribution in [2.75, 3.05) is 32.1 Å². The monoisotopic (exact) mass is 624 g/mol. The summed E-state index contributed by atoms with van der Waals surface area (Å²) >= 11 is 0. The number of carboxylic acids is 1. The number of nitrogens with one attached hydrogen (secondary N) is 1. The van der Waals surface area contributed by atoms with Crippen LogP contribution in [-0.4, -0.2) is 59.7 Å². The first kappa shape index (κ1) is 35.1. The molecule has 244 valence electrons. The summed E-state index contributed by atoms with van der Waals surface area (Å²) in [6.07, 6.45) is -1.28. The molecule has 1 unspecified atom stereocenters. The maximum atomic E-state index is 15.6. The Morgan fingerprint density at radius 2 is 1.84 bits per heavy atom. The molecule has 2 heterocycles. The Morgan fingerprint density at radius 1 is 1.16 bits per heavy atom. The van der Waals surface area contributed by atoms with Crippen molar-refractivity contribution in [3.63, 3.8) is 0 Å².